The molecule has 1 aromatic heterocycles. The van der Waals surface area contributed by atoms with Gasteiger partial charge in [0.2, 0.25) is 0 Å². The Kier molecular flexibility index (Phi) is 7.10. The molecule has 196 valence electrons. The lowest BCUT2D eigenvalue weighted by Crippen LogP contribution is -2.63. The Morgan fingerprint density at radius 2 is 1.89 bits per heavy atom. The molecule has 7 nitrogen and oxygen atoms in total. The maximum atomic E-state index is 12.4. The molecule has 2 fully saturated rings. The van der Waals surface area contributed by atoms with Gasteiger partial charge in [-0.05, 0) is 76.0 Å². The van der Waals surface area contributed by atoms with Crippen LogP contribution in [0.3, 0.4) is 0 Å². The van der Waals surface area contributed by atoms with Crippen LogP contribution in [0.25, 0.3) is 11.0 Å². The lowest BCUT2D eigenvalue weighted by molar-refractivity contribution is -0.217. The monoisotopic (exact) mass is 498 g/mol. The van der Waals surface area contributed by atoms with Crippen LogP contribution in [0.5, 0.6) is 5.75 Å². The summed E-state index contributed by atoms with van der Waals surface area (Å²) in [5.41, 5.74) is -1.38. The smallest absolute Gasteiger partial charge is 0.336 e. The highest BCUT2D eigenvalue weighted by molar-refractivity contribution is 5.87. The fraction of sp³-hybridized carbons (Fsp3) is 0.586. The van der Waals surface area contributed by atoms with Gasteiger partial charge in [0.15, 0.2) is 0 Å². The number of aliphatic hydroxyl groups is 2. The van der Waals surface area contributed by atoms with Crippen molar-refractivity contribution in [1.82, 2.24) is 0 Å². The number of ether oxygens (including phenoxy) is 2. The average molecular weight is 499 g/mol. The first-order valence-electron chi connectivity index (χ1n) is 12.8. The van der Waals surface area contributed by atoms with Gasteiger partial charge in [-0.2, -0.15) is 0 Å². The van der Waals surface area contributed by atoms with E-state index >= 15 is 0 Å². The minimum atomic E-state index is -0.962. The first-order valence-corrected chi connectivity index (χ1v) is 12.8. The van der Waals surface area contributed by atoms with Crippen LogP contribution < -0.4 is 10.4 Å². The van der Waals surface area contributed by atoms with E-state index in [2.05, 4.69) is 6.92 Å². The van der Waals surface area contributed by atoms with Crippen molar-refractivity contribution in [2.24, 2.45) is 22.7 Å². The number of esters is 1. The van der Waals surface area contributed by atoms with E-state index in [1.165, 1.54) is 6.07 Å². The van der Waals surface area contributed by atoms with Crippen LogP contribution in [-0.4, -0.2) is 41.1 Å². The van der Waals surface area contributed by atoms with Crippen LogP contribution in [0.1, 0.15) is 60.3 Å². The maximum Gasteiger partial charge on any atom is 0.336 e. The van der Waals surface area contributed by atoms with E-state index in [1.807, 2.05) is 26.0 Å². The van der Waals surface area contributed by atoms with Crippen molar-refractivity contribution >= 4 is 16.9 Å². The molecule has 7 heteroatoms. The molecule has 1 aromatic carbocycles. The van der Waals surface area contributed by atoms with Gasteiger partial charge in [-0.1, -0.05) is 19.9 Å². The molecule has 6 atom stereocenters. The average Bonchev–Trinajstić information content (AvgIpc) is 2.83. The van der Waals surface area contributed by atoms with Crippen molar-refractivity contribution in [3.8, 4) is 5.75 Å². The molecule has 0 radical (unpaired) electrons. The number of carbonyl (C=O) groups is 1. The van der Waals surface area contributed by atoms with Crippen LogP contribution >= 0.6 is 0 Å². The number of hydrogen-bond donors (Lipinski definition) is 2. The Balaban J connectivity index is 1.59. The molecule has 1 heterocycles. The Labute approximate surface area is 212 Å². The lowest BCUT2D eigenvalue weighted by atomic mass is 9.45. The van der Waals surface area contributed by atoms with Crippen LogP contribution in [0.4, 0.5) is 0 Å². The van der Waals surface area contributed by atoms with Gasteiger partial charge >= 0.3 is 11.6 Å². The summed E-state index contributed by atoms with van der Waals surface area (Å²) in [7, 11) is 0. The quantitative estimate of drug-likeness (QED) is 0.340. The summed E-state index contributed by atoms with van der Waals surface area (Å²) in [6.45, 7) is 9.93. The van der Waals surface area contributed by atoms with Gasteiger partial charge in [0.25, 0.3) is 0 Å². The molecule has 0 saturated heterocycles. The number of rotatable bonds is 6. The van der Waals surface area contributed by atoms with E-state index in [-0.39, 0.29) is 36.4 Å². The summed E-state index contributed by atoms with van der Waals surface area (Å²) in [5.74, 6) is -0.00507. The summed E-state index contributed by atoms with van der Waals surface area (Å²) >= 11 is 0. The molecule has 0 aliphatic heterocycles. The number of carbonyl (C=O) groups excluding carboxylic acids is 1. The summed E-state index contributed by atoms with van der Waals surface area (Å²) in [5, 5.41) is 23.4. The van der Waals surface area contributed by atoms with E-state index < -0.39 is 22.7 Å². The lowest BCUT2D eigenvalue weighted by Gasteiger charge is -2.62. The molecule has 2 aliphatic rings. The Morgan fingerprint density at radius 3 is 2.61 bits per heavy atom. The number of hydrogen-bond acceptors (Lipinski definition) is 7. The topological polar surface area (TPSA) is 106 Å². The predicted molar refractivity (Wildman–Crippen MR) is 137 cm³/mol. The number of allylic oxidation sites excluding steroid dienone is 1. The highest BCUT2D eigenvalue weighted by Crippen LogP contribution is 2.62. The van der Waals surface area contributed by atoms with Crippen molar-refractivity contribution in [3.05, 3.63) is 52.4 Å². The van der Waals surface area contributed by atoms with Gasteiger partial charge in [0, 0.05) is 34.4 Å². The number of fused-ring (bicyclic) bond motifs is 2. The molecule has 6 unspecified atom stereocenters. The van der Waals surface area contributed by atoms with Gasteiger partial charge < -0.3 is 24.1 Å². The minimum Gasteiger partial charge on any atom is -0.493 e. The van der Waals surface area contributed by atoms with E-state index in [1.54, 1.807) is 32.1 Å². The first-order chi connectivity index (χ1) is 16.9. The highest BCUT2D eigenvalue weighted by Gasteiger charge is 2.62. The molecule has 2 aromatic rings. The highest BCUT2D eigenvalue weighted by atomic mass is 16.5. The molecule has 0 spiro atoms. The second kappa shape index (κ2) is 9.67. The molecule has 4 rings (SSSR count). The Bertz CT molecular complexity index is 1210. The van der Waals surface area contributed by atoms with E-state index in [4.69, 9.17) is 13.9 Å². The van der Waals surface area contributed by atoms with Crippen LogP contribution in [0, 0.1) is 22.7 Å². The third kappa shape index (κ3) is 4.71. The van der Waals surface area contributed by atoms with E-state index in [0.717, 1.165) is 18.2 Å². The van der Waals surface area contributed by atoms with Crippen LogP contribution in [0.15, 0.2) is 51.2 Å². The zero-order valence-electron chi connectivity index (χ0n) is 21.9. The molecule has 2 aliphatic carbocycles. The molecule has 0 amide bonds. The normalized spacial score (nSPS) is 34.8. The summed E-state index contributed by atoms with van der Waals surface area (Å²) < 4.78 is 17.2. The fourth-order valence-corrected chi connectivity index (χ4v) is 6.66. The second-order valence-electron chi connectivity index (χ2n) is 11.4. The number of benzene rings is 1. The van der Waals surface area contributed by atoms with Gasteiger partial charge in [0.1, 0.15) is 11.3 Å². The predicted octanol–water partition coefficient (Wildman–Crippen LogP) is 4.63. The molecular weight excluding hydrogens is 460 g/mol. The van der Waals surface area contributed by atoms with Crippen LogP contribution in [0.2, 0.25) is 0 Å². The third-order valence-corrected chi connectivity index (χ3v) is 9.08. The summed E-state index contributed by atoms with van der Waals surface area (Å²) in [6.07, 6.45) is 3.66. The standard InChI is InChI=1S/C29H38O7/c1-6-18(2)26(32)35-17-28(4)22-11-14-29(5,33)23(27(22,3)13-12-24(28)30)16-34-20-9-7-19-8-10-25(31)36-21(19)15-20/h6-10,15,22-24,30,33H,11-14,16-17H2,1-5H3. The SMILES string of the molecule is CC=C(C)C(=O)OCC1(C)C(O)CCC2(C)C(COc3ccc4ccc(=O)oc4c3)C(C)(O)CCC12. The Morgan fingerprint density at radius 1 is 1.17 bits per heavy atom. The van der Waals surface area contributed by atoms with Crippen molar-refractivity contribution in [2.45, 2.75) is 72.0 Å². The number of aliphatic hydroxyl groups excluding tert-OH is 1. The molecule has 0 bridgehead atoms. The zero-order valence-corrected chi connectivity index (χ0v) is 21.9. The molecule has 2 saturated carbocycles. The largest absolute Gasteiger partial charge is 0.493 e. The fourth-order valence-electron chi connectivity index (χ4n) is 6.66. The van der Waals surface area contributed by atoms with Gasteiger partial charge in [-0.25, -0.2) is 9.59 Å². The van der Waals surface area contributed by atoms with Gasteiger partial charge in [-0.3, -0.25) is 0 Å². The van der Waals surface area contributed by atoms with Crippen molar-refractivity contribution in [2.75, 3.05) is 13.2 Å². The van der Waals surface area contributed by atoms with Gasteiger partial charge in [0.05, 0.1) is 24.9 Å². The van der Waals surface area contributed by atoms with Crippen LogP contribution in [-0.2, 0) is 9.53 Å². The van der Waals surface area contributed by atoms with Gasteiger partial charge in [-0.15, -0.1) is 0 Å². The summed E-state index contributed by atoms with van der Waals surface area (Å²) in [6, 6.07) is 8.46. The molecular formula is C29H38O7. The maximum absolute atomic E-state index is 12.4. The second-order valence-corrected chi connectivity index (χ2v) is 11.4. The molecule has 2 N–H and O–H groups in total. The summed E-state index contributed by atoms with van der Waals surface area (Å²) in [4.78, 5) is 24.0. The molecule has 36 heavy (non-hydrogen) atoms. The van der Waals surface area contributed by atoms with Crippen molar-refractivity contribution in [3.63, 3.8) is 0 Å². The first kappa shape index (κ1) is 26.4. The zero-order chi connectivity index (χ0) is 26.3. The van der Waals surface area contributed by atoms with E-state index in [9.17, 15) is 19.8 Å². The van der Waals surface area contributed by atoms with Crippen molar-refractivity contribution in [1.29, 1.82) is 0 Å². The Hall–Kier alpha value is -2.64. The minimum absolute atomic E-state index is 0.0240. The van der Waals surface area contributed by atoms with E-state index in [0.29, 0.717) is 29.7 Å². The van der Waals surface area contributed by atoms with Crippen molar-refractivity contribution < 1.29 is 28.9 Å². The third-order valence-electron chi connectivity index (χ3n) is 9.08.